The van der Waals surface area contributed by atoms with E-state index >= 15 is 0 Å². The summed E-state index contributed by atoms with van der Waals surface area (Å²) in [6.07, 6.45) is 16.7. The number of allylic oxidation sites excluding steroid dienone is 8. The zero-order valence-electron chi connectivity index (χ0n) is 8.22. The number of hydrogen-bond acceptors (Lipinski definition) is 0. The van der Waals surface area contributed by atoms with Crippen molar-refractivity contribution in [3.63, 3.8) is 0 Å². The largest absolute Gasteiger partial charge is 0.270 e. The van der Waals surface area contributed by atoms with Crippen molar-refractivity contribution in [1.29, 1.82) is 0 Å². The summed E-state index contributed by atoms with van der Waals surface area (Å²) in [5, 5.41) is 0. The van der Waals surface area contributed by atoms with Crippen LogP contribution in [0.2, 0.25) is 0 Å². The Morgan fingerprint density at radius 3 is 1.38 bits per heavy atom. The van der Waals surface area contributed by atoms with Gasteiger partial charge >= 0.3 is 0 Å². The Morgan fingerprint density at radius 2 is 1.31 bits per heavy atom. The Bertz CT molecular complexity index is 221. The predicted molar refractivity (Wildman–Crippen MR) is 52.4 cm³/mol. The molecule has 2 rings (SSSR count). The Hall–Kier alpha value is -0.170. The van der Waals surface area contributed by atoms with Crippen LogP contribution in [-0.4, -0.2) is 0 Å². The summed E-state index contributed by atoms with van der Waals surface area (Å²) in [7, 11) is 0. The second kappa shape index (κ2) is 7.25. The molecule has 0 bridgehead atoms. The van der Waals surface area contributed by atoms with Gasteiger partial charge in [-0.1, -0.05) is 13.8 Å². The summed E-state index contributed by atoms with van der Waals surface area (Å²) in [5.41, 5.74) is 2.55. The smallest absolute Gasteiger partial charge is 0 e. The first kappa shape index (κ1) is 12.8. The van der Waals surface area contributed by atoms with Crippen LogP contribution in [0.15, 0.2) is 35.5 Å². The first-order valence-electron chi connectivity index (χ1n) is 4.27. The van der Waals surface area contributed by atoms with E-state index in [0.29, 0.717) is 0 Å². The van der Waals surface area contributed by atoms with Crippen LogP contribution in [0.5, 0.6) is 0 Å². The van der Waals surface area contributed by atoms with E-state index in [1.807, 2.05) is 0 Å². The summed E-state index contributed by atoms with van der Waals surface area (Å²) in [6.45, 7) is 4.12. The van der Waals surface area contributed by atoms with E-state index in [1.54, 1.807) is 0 Å². The quantitative estimate of drug-likeness (QED) is 0.470. The van der Waals surface area contributed by atoms with Gasteiger partial charge in [0.2, 0.25) is 0 Å². The summed E-state index contributed by atoms with van der Waals surface area (Å²) in [4.78, 5) is 0. The minimum Gasteiger partial charge on any atom is -0.270 e. The molecule has 0 amide bonds. The van der Waals surface area contributed by atoms with Crippen LogP contribution in [0.4, 0.5) is 0 Å². The first-order valence-corrected chi connectivity index (χ1v) is 4.27. The molecule has 68 valence electrons. The van der Waals surface area contributed by atoms with E-state index < -0.39 is 0 Å². The molecule has 2 aliphatic carbocycles. The topological polar surface area (TPSA) is 0 Å². The van der Waals surface area contributed by atoms with E-state index in [1.165, 1.54) is 11.1 Å². The maximum atomic E-state index is 3.12. The van der Waals surface area contributed by atoms with Crippen LogP contribution in [0, 0.1) is 12.2 Å². The van der Waals surface area contributed by atoms with E-state index in [4.69, 9.17) is 0 Å². The van der Waals surface area contributed by atoms with Crippen LogP contribution in [0.3, 0.4) is 0 Å². The molecular formula is C12H14Hf-2. The summed E-state index contributed by atoms with van der Waals surface area (Å²) < 4.78 is 0. The van der Waals surface area contributed by atoms with Gasteiger partial charge in [-0.15, -0.1) is 12.8 Å². The fourth-order valence-electron chi connectivity index (χ4n) is 1.03. The van der Waals surface area contributed by atoms with Crippen molar-refractivity contribution in [2.24, 2.45) is 0 Å². The maximum absolute atomic E-state index is 3.12. The van der Waals surface area contributed by atoms with Crippen molar-refractivity contribution in [2.45, 2.75) is 26.7 Å². The molecule has 0 aromatic heterocycles. The van der Waals surface area contributed by atoms with Crippen LogP contribution in [-0.2, 0) is 25.8 Å². The molecule has 0 aromatic carbocycles. The molecule has 0 N–H and O–H groups in total. The molecule has 0 saturated heterocycles. The van der Waals surface area contributed by atoms with Gasteiger partial charge in [0.15, 0.2) is 0 Å². The van der Waals surface area contributed by atoms with Crippen molar-refractivity contribution < 1.29 is 25.8 Å². The maximum Gasteiger partial charge on any atom is 0 e. The van der Waals surface area contributed by atoms with Gasteiger partial charge in [-0.05, 0) is 0 Å². The third-order valence-corrected chi connectivity index (χ3v) is 1.73. The summed E-state index contributed by atoms with van der Waals surface area (Å²) in [6, 6.07) is 0. The first-order chi connectivity index (χ1) is 5.79. The number of hydrogen-bond donors (Lipinski definition) is 0. The molecule has 2 aliphatic rings. The van der Waals surface area contributed by atoms with Crippen molar-refractivity contribution >= 4 is 0 Å². The molecule has 13 heavy (non-hydrogen) atoms. The Labute approximate surface area is 99.9 Å². The second-order valence-corrected chi connectivity index (χ2v) is 2.93. The fraction of sp³-hybridized carbons (Fsp3) is 0.333. The van der Waals surface area contributed by atoms with Crippen molar-refractivity contribution in [3.8, 4) is 0 Å². The van der Waals surface area contributed by atoms with Gasteiger partial charge in [-0.25, -0.2) is 23.3 Å². The zero-order chi connectivity index (χ0) is 8.81. The van der Waals surface area contributed by atoms with E-state index in [9.17, 15) is 0 Å². The average molecular weight is 337 g/mol. The van der Waals surface area contributed by atoms with Crippen LogP contribution < -0.4 is 0 Å². The van der Waals surface area contributed by atoms with Crippen molar-refractivity contribution in [3.05, 3.63) is 47.6 Å². The van der Waals surface area contributed by atoms with Gasteiger partial charge in [0.25, 0.3) is 0 Å². The molecule has 0 aliphatic heterocycles. The standard InChI is InChI=1S/2C6H7.Hf/c2*1-6-4-2-3-5-6;/h2*2,4H,3H2,1H3;/q2*-1;. The molecule has 0 aromatic rings. The van der Waals surface area contributed by atoms with Crippen LogP contribution >= 0.6 is 0 Å². The van der Waals surface area contributed by atoms with Gasteiger partial charge in [0, 0.05) is 25.8 Å². The van der Waals surface area contributed by atoms with Crippen LogP contribution in [0.25, 0.3) is 0 Å². The molecule has 1 heteroatoms. The fourth-order valence-corrected chi connectivity index (χ4v) is 1.03. The Balaban J connectivity index is 0.000000206. The van der Waals surface area contributed by atoms with E-state index in [2.05, 4.69) is 50.3 Å². The van der Waals surface area contributed by atoms with Gasteiger partial charge in [-0.2, -0.15) is 12.2 Å². The van der Waals surface area contributed by atoms with Crippen LogP contribution in [0.1, 0.15) is 26.7 Å². The normalized spacial score (nSPS) is 17.1. The van der Waals surface area contributed by atoms with Gasteiger partial charge in [-0.3, -0.25) is 12.2 Å². The molecule has 0 atom stereocenters. The minimum atomic E-state index is 0. The van der Waals surface area contributed by atoms with Gasteiger partial charge in [0.05, 0.1) is 0 Å². The second-order valence-electron chi connectivity index (χ2n) is 2.93. The molecule has 0 fully saturated rings. The van der Waals surface area contributed by atoms with Crippen molar-refractivity contribution in [2.75, 3.05) is 0 Å². The molecule has 0 saturated carbocycles. The predicted octanol–water partition coefficient (Wildman–Crippen LogP) is 3.39. The molecule has 0 unspecified atom stereocenters. The van der Waals surface area contributed by atoms with E-state index in [0.717, 1.165) is 12.8 Å². The molecule has 0 heterocycles. The molecule has 0 nitrogen and oxygen atoms in total. The van der Waals surface area contributed by atoms with Gasteiger partial charge < -0.3 is 0 Å². The Kier molecular flexibility index (Phi) is 7.16. The SMILES string of the molecule is CC1=[C-]CC=C1.CC1=[C-]CC=C1.[Hf]. The summed E-state index contributed by atoms with van der Waals surface area (Å²) in [5.74, 6) is 0. The molecular weight excluding hydrogens is 323 g/mol. The molecule has 0 radical (unpaired) electrons. The zero-order valence-corrected chi connectivity index (χ0v) is 11.8. The van der Waals surface area contributed by atoms with E-state index in [-0.39, 0.29) is 25.8 Å². The molecule has 0 spiro atoms. The third-order valence-electron chi connectivity index (χ3n) is 1.73. The Morgan fingerprint density at radius 1 is 0.923 bits per heavy atom. The number of rotatable bonds is 0. The summed E-state index contributed by atoms with van der Waals surface area (Å²) >= 11 is 0. The average Bonchev–Trinajstić information content (AvgIpc) is 2.63. The monoisotopic (exact) mass is 338 g/mol. The van der Waals surface area contributed by atoms with Crippen molar-refractivity contribution in [1.82, 2.24) is 0 Å². The minimum absolute atomic E-state index is 0. The van der Waals surface area contributed by atoms with Gasteiger partial charge in [0.1, 0.15) is 0 Å². The third kappa shape index (κ3) is 5.98.